The van der Waals surface area contributed by atoms with Gasteiger partial charge in [0.05, 0.1) is 4.90 Å². The van der Waals surface area contributed by atoms with Gasteiger partial charge in [0.25, 0.3) is 0 Å². The third kappa shape index (κ3) is 1.20. The van der Waals surface area contributed by atoms with E-state index in [9.17, 15) is 8.42 Å². The highest BCUT2D eigenvalue weighted by Crippen LogP contribution is 2.34. The lowest BCUT2D eigenvalue weighted by Crippen LogP contribution is -2.10. The predicted octanol–water partition coefficient (Wildman–Crippen LogP) is 2.05. The first-order valence-electron chi connectivity index (χ1n) is 4.63. The van der Waals surface area contributed by atoms with Gasteiger partial charge in [0.2, 0.25) is 0 Å². The lowest BCUT2D eigenvalue weighted by atomic mass is 9.95. The Kier molecular flexibility index (Phi) is 1.68. The first-order chi connectivity index (χ1) is 7.18. The van der Waals surface area contributed by atoms with Gasteiger partial charge in [-0.3, -0.25) is 0 Å². The van der Waals surface area contributed by atoms with Crippen LogP contribution < -0.4 is 0 Å². The van der Waals surface area contributed by atoms with E-state index in [2.05, 4.69) is 0 Å². The first-order valence-corrected chi connectivity index (χ1v) is 6.12. The summed E-state index contributed by atoms with van der Waals surface area (Å²) in [5, 5.41) is 0.360. The van der Waals surface area contributed by atoms with Crippen LogP contribution in [0, 0.1) is 11.2 Å². The minimum atomic E-state index is -3.31. The normalized spacial score (nSPS) is 22.7. The standard InChI is InChI=1S/C12H8O2S/c13-15(14)11-5-1-9(2-6-11)10-3-7-12(15)8-4-10/h1-8H. The molecule has 0 N–H and O–H groups in total. The molecule has 74 valence electrons. The van der Waals surface area contributed by atoms with Gasteiger partial charge in [-0.15, -0.1) is 0 Å². The fourth-order valence-corrected chi connectivity index (χ4v) is 3.05. The zero-order chi connectivity index (χ0) is 10.5. The Morgan fingerprint density at radius 1 is 0.800 bits per heavy atom. The zero-order valence-corrected chi connectivity index (χ0v) is 8.66. The molecule has 4 aliphatic heterocycles. The molecule has 2 nitrogen and oxygen atoms in total. The summed E-state index contributed by atoms with van der Waals surface area (Å²) in [6.07, 6.45) is 6.99. The van der Waals surface area contributed by atoms with Crippen molar-refractivity contribution in [1.29, 1.82) is 0 Å². The fourth-order valence-electron chi connectivity index (χ4n) is 1.79. The van der Waals surface area contributed by atoms with Crippen molar-refractivity contribution in [2.45, 2.75) is 4.90 Å². The lowest BCUT2D eigenvalue weighted by molar-refractivity contribution is 0.600. The molecular weight excluding hydrogens is 208 g/mol. The van der Waals surface area contributed by atoms with Gasteiger partial charge in [-0.25, -0.2) is 8.42 Å². The van der Waals surface area contributed by atoms with Crippen molar-refractivity contribution in [2.24, 2.45) is 0 Å². The van der Waals surface area contributed by atoms with Crippen molar-refractivity contribution in [1.82, 2.24) is 0 Å². The molecule has 15 heavy (non-hydrogen) atoms. The third-order valence-electron chi connectivity index (χ3n) is 2.66. The van der Waals surface area contributed by atoms with Crippen LogP contribution in [0.5, 0.6) is 0 Å². The molecule has 0 spiro atoms. The number of rotatable bonds is 0. The number of sulfone groups is 1. The monoisotopic (exact) mass is 216 g/mol. The van der Waals surface area contributed by atoms with E-state index >= 15 is 0 Å². The van der Waals surface area contributed by atoms with E-state index in [1.807, 2.05) is 24.3 Å². The minimum Gasteiger partial charge on any atom is -0.222 e. The number of benzene rings is 1. The Morgan fingerprint density at radius 2 is 1.40 bits per heavy atom. The predicted molar refractivity (Wildman–Crippen MR) is 57.5 cm³/mol. The van der Waals surface area contributed by atoms with Gasteiger partial charge in [0.1, 0.15) is 5.25 Å². The maximum absolute atomic E-state index is 12.1. The van der Waals surface area contributed by atoms with Gasteiger partial charge in [-0.2, -0.15) is 0 Å². The molecule has 0 aromatic heterocycles. The van der Waals surface area contributed by atoms with Crippen LogP contribution in [0.25, 0.3) is 0 Å². The summed E-state index contributed by atoms with van der Waals surface area (Å²) in [7, 11) is -3.31. The van der Waals surface area contributed by atoms with E-state index in [1.165, 1.54) is 0 Å². The smallest absolute Gasteiger partial charge is 0.193 e. The van der Waals surface area contributed by atoms with E-state index < -0.39 is 9.84 Å². The average molecular weight is 216 g/mol. The van der Waals surface area contributed by atoms with Crippen LogP contribution in [-0.2, 0) is 9.84 Å². The van der Waals surface area contributed by atoms with Crippen molar-refractivity contribution in [3.63, 3.8) is 0 Å². The van der Waals surface area contributed by atoms with Gasteiger partial charge in [0, 0.05) is 5.92 Å². The van der Waals surface area contributed by atoms with Crippen molar-refractivity contribution in [3.8, 4) is 0 Å². The van der Waals surface area contributed by atoms with Crippen molar-refractivity contribution >= 4 is 9.84 Å². The molecule has 0 saturated carbocycles. The molecule has 0 saturated heterocycles. The molecule has 1 aromatic rings. The summed E-state index contributed by atoms with van der Waals surface area (Å²) in [4.78, 5) is 0.360. The minimum absolute atomic E-state index is 0.360. The Bertz CT molecular complexity index is 536. The van der Waals surface area contributed by atoms with Gasteiger partial charge in [-0.1, -0.05) is 36.4 Å². The summed E-state index contributed by atoms with van der Waals surface area (Å²) in [6.45, 7) is 0. The topological polar surface area (TPSA) is 34.1 Å². The molecule has 1 aliphatic carbocycles. The van der Waals surface area contributed by atoms with Gasteiger partial charge < -0.3 is 0 Å². The highest BCUT2D eigenvalue weighted by Gasteiger charge is 2.28. The van der Waals surface area contributed by atoms with E-state index in [0.29, 0.717) is 10.1 Å². The maximum Gasteiger partial charge on any atom is 0.193 e. The number of hydrogen-bond acceptors (Lipinski definition) is 2. The van der Waals surface area contributed by atoms with Crippen LogP contribution in [0.3, 0.4) is 0 Å². The second-order valence-corrected chi connectivity index (χ2v) is 5.50. The molecular formula is C12H8O2S. The van der Waals surface area contributed by atoms with E-state index in [-0.39, 0.29) is 0 Å². The number of allylic oxidation sites excluding steroid dienone is 2. The fraction of sp³-hybridized carbons (Fsp3) is 0. The highest BCUT2D eigenvalue weighted by atomic mass is 32.2. The molecule has 0 fully saturated rings. The highest BCUT2D eigenvalue weighted by molar-refractivity contribution is 7.94. The largest absolute Gasteiger partial charge is 0.222 e. The second kappa shape index (κ2) is 2.83. The average Bonchev–Trinajstić information content (AvgIpc) is 2.40. The summed E-state index contributed by atoms with van der Waals surface area (Å²) >= 11 is 0. The Hall–Kier alpha value is -1.35. The Labute approximate surface area is 88.9 Å². The summed E-state index contributed by atoms with van der Waals surface area (Å²) < 4.78 is 24.1. The molecule has 6 rings (SSSR count). The Morgan fingerprint density at radius 3 is 2.00 bits per heavy atom. The summed E-state index contributed by atoms with van der Waals surface area (Å²) in [6, 6.07) is 6.99. The Balaban J connectivity index is 2.37. The zero-order valence-electron chi connectivity index (χ0n) is 7.84. The molecule has 5 aliphatic rings. The van der Waals surface area contributed by atoms with Crippen LogP contribution in [-0.4, -0.2) is 8.42 Å². The molecule has 4 heterocycles. The molecule has 1 aromatic carbocycles. The molecule has 2 radical (unpaired) electrons. The second-order valence-electron chi connectivity index (χ2n) is 3.55. The molecule has 4 bridgehead atoms. The SMILES string of the molecule is O=S1(=O)[C]2C=C[C](C=C2)c2ccc1cc2. The van der Waals surface area contributed by atoms with Crippen LogP contribution in [0.2, 0.25) is 0 Å². The van der Waals surface area contributed by atoms with Crippen molar-refractivity contribution in [2.75, 3.05) is 0 Å². The van der Waals surface area contributed by atoms with E-state index in [1.54, 1.807) is 24.3 Å². The maximum atomic E-state index is 12.1. The lowest BCUT2D eigenvalue weighted by Gasteiger charge is -2.12. The molecule has 3 heteroatoms. The van der Waals surface area contributed by atoms with Crippen LogP contribution in [0.4, 0.5) is 0 Å². The third-order valence-corrected chi connectivity index (χ3v) is 4.45. The summed E-state index contributed by atoms with van der Waals surface area (Å²) in [5.41, 5.74) is 1.04. The van der Waals surface area contributed by atoms with Gasteiger partial charge >= 0.3 is 0 Å². The van der Waals surface area contributed by atoms with Crippen molar-refractivity contribution in [3.05, 3.63) is 65.3 Å². The van der Waals surface area contributed by atoms with Gasteiger partial charge in [0.15, 0.2) is 9.84 Å². The molecule has 0 amide bonds. The van der Waals surface area contributed by atoms with Crippen LogP contribution in [0.1, 0.15) is 5.56 Å². The quantitative estimate of drug-likeness (QED) is 0.665. The first kappa shape index (κ1) is 8.92. The molecule has 0 atom stereocenters. The van der Waals surface area contributed by atoms with E-state index in [0.717, 1.165) is 11.5 Å². The van der Waals surface area contributed by atoms with Gasteiger partial charge in [-0.05, 0) is 17.7 Å². The summed E-state index contributed by atoms with van der Waals surface area (Å²) in [5.74, 6) is 1.04. The number of hydrogen-bond donors (Lipinski definition) is 0. The van der Waals surface area contributed by atoms with Crippen LogP contribution in [0.15, 0.2) is 53.5 Å². The van der Waals surface area contributed by atoms with E-state index in [4.69, 9.17) is 0 Å². The van der Waals surface area contributed by atoms with Crippen molar-refractivity contribution < 1.29 is 8.42 Å². The van der Waals surface area contributed by atoms with Crippen LogP contribution >= 0.6 is 0 Å². The molecule has 0 unspecified atom stereocenters.